The number of hydrogen-bond acceptors (Lipinski definition) is 6. The zero-order chi connectivity index (χ0) is 14.0. The van der Waals surface area contributed by atoms with Gasteiger partial charge in [0, 0.05) is 24.8 Å². The number of hydrogen-bond donors (Lipinski definition) is 2. The molecule has 0 saturated heterocycles. The summed E-state index contributed by atoms with van der Waals surface area (Å²) in [6.45, 7) is 2.62. The first-order chi connectivity index (χ1) is 9.08. The summed E-state index contributed by atoms with van der Waals surface area (Å²) in [5.74, 6) is 0.531. The fourth-order valence-electron chi connectivity index (χ4n) is 1.72. The summed E-state index contributed by atoms with van der Waals surface area (Å²) < 4.78 is 7.05. The fourth-order valence-corrected chi connectivity index (χ4v) is 2.61. The molecule has 6 nitrogen and oxygen atoms in total. The molecule has 0 amide bonds. The maximum absolute atomic E-state index is 8.97. The smallest absolute Gasteiger partial charge is 0.177 e. The summed E-state index contributed by atoms with van der Waals surface area (Å²) >= 11 is 1.29. The van der Waals surface area contributed by atoms with Crippen LogP contribution in [0.5, 0.6) is 5.75 Å². The van der Waals surface area contributed by atoms with Crippen LogP contribution in [0.3, 0.4) is 0 Å². The van der Waals surface area contributed by atoms with E-state index in [-0.39, 0.29) is 0 Å². The van der Waals surface area contributed by atoms with Crippen LogP contribution in [0, 0.1) is 18.3 Å². The number of ether oxygens (including phenoxy) is 1. The number of rotatable bonds is 4. The van der Waals surface area contributed by atoms with Crippen molar-refractivity contribution in [2.24, 2.45) is 7.05 Å². The van der Waals surface area contributed by atoms with Crippen LogP contribution in [0.4, 0.5) is 10.7 Å². The lowest BCUT2D eigenvalue weighted by molar-refractivity contribution is 0.420. The molecule has 0 spiro atoms. The van der Waals surface area contributed by atoms with Crippen molar-refractivity contribution in [1.82, 2.24) is 9.78 Å². The minimum absolute atomic E-state index is 0.389. The fraction of sp³-hybridized carbons (Fsp3) is 0.333. The molecule has 19 heavy (non-hydrogen) atoms. The zero-order valence-corrected chi connectivity index (χ0v) is 11.8. The van der Waals surface area contributed by atoms with Crippen molar-refractivity contribution in [3.63, 3.8) is 0 Å². The van der Waals surface area contributed by atoms with E-state index in [1.807, 2.05) is 24.9 Å². The first-order valence-corrected chi connectivity index (χ1v) is 6.47. The molecule has 0 aliphatic carbocycles. The second-order valence-corrected chi connectivity index (χ2v) is 5.07. The maximum atomic E-state index is 8.97. The van der Waals surface area contributed by atoms with Gasteiger partial charge >= 0.3 is 0 Å². The van der Waals surface area contributed by atoms with Gasteiger partial charge in [0.05, 0.1) is 13.3 Å². The highest BCUT2D eigenvalue weighted by Gasteiger charge is 2.16. The van der Waals surface area contributed by atoms with Gasteiger partial charge in [-0.25, -0.2) is 0 Å². The number of nitrogens with two attached hydrogens (primary N) is 1. The van der Waals surface area contributed by atoms with E-state index in [0.717, 1.165) is 16.3 Å². The first kappa shape index (κ1) is 13.2. The number of aryl methyl sites for hydroxylation is 1. The minimum atomic E-state index is 0.389. The van der Waals surface area contributed by atoms with Gasteiger partial charge in [0.15, 0.2) is 5.75 Å². The third-order valence-electron chi connectivity index (χ3n) is 2.98. The summed E-state index contributed by atoms with van der Waals surface area (Å²) in [5.41, 5.74) is 8.41. The number of anilines is 2. The van der Waals surface area contributed by atoms with Crippen molar-refractivity contribution in [3.8, 4) is 11.8 Å². The molecule has 3 N–H and O–H groups in total. The summed E-state index contributed by atoms with van der Waals surface area (Å²) in [6.07, 6.45) is 1.82. The average Bonchev–Trinajstić information content (AvgIpc) is 2.89. The Bertz CT molecular complexity index is 637. The molecule has 2 aromatic rings. The molecule has 2 rings (SSSR count). The largest absolute Gasteiger partial charge is 0.492 e. The second kappa shape index (κ2) is 5.20. The molecule has 2 aromatic heterocycles. The number of nitrogens with one attached hydrogen (secondary N) is 1. The summed E-state index contributed by atoms with van der Waals surface area (Å²) in [4.78, 5) is 0.460. The molecule has 0 unspecified atom stereocenters. The molecule has 2 heterocycles. The lowest BCUT2D eigenvalue weighted by Crippen LogP contribution is -2.01. The van der Waals surface area contributed by atoms with Crippen molar-refractivity contribution in [1.29, 1.82) is 5.26 Å². The summed E-state index contributed by atoms with van der Waals surface area (Å²) in [6, 6.07) is 2.06. The van der Waals surface area contributed by atoms with Crippen LogP contribution in [-0.4, -0.2) is 16.9 Å². The van der Waals surface area contributed by atoms with Crippen molar-refractivity contribution in [2.45, 2.75) is 13.5 Å². The van der Waals surface area contributed by atoms with Crippen LogP contribution in [0.1, 0.15) is 16.1 Å². The van der Waals surface area contributed by atoms with Crippen molar-refractivity contribution < 1.29 is 4.74 Å². The Balaban J connectivity index is 2.20. The monoisotopic (exact) mass is 277 g/mol. The van der Waals surface area contributed by atoms with Crippen LogP contribution in [0.2, 0.25) is 0 Å². The van der Waals surface area contributed by atoms with Crippen molar-refractivity contribution in [2.75, 3.05) is 18.2 Å². The van der Waals surface area contributed by atoms with Gasteiger partial charge in [-0.05, 0) is 6.92 Å². The molecular weight excluding hydrogens is 262 g/mol. The lowest BCUT2D eigenvalue weighted by Gasteiger charge is -2.06. The third kappa shape index (κ3) is 2.35. The Hall–Kier alpha value is -2.20. The topological polar surface area (TPSA) is 88.9 Å². The Morgan fingerprint density at radius 1 is 1.63 bits per heavy atom. The van der Waals surface area contributed by atoms with Gasteiger partial charge in [-0.3, -0.25) is 4.68 Å². The van der Waals surface area contributed by atoms with Gasteiger partial charge < -0.3 is 15.8 Å². The number of nitriles is 1. The molecule has 100 valence electrons. The van der Waals surface area contributed by atoms with E-state index in [4.69, 9.17) is 15.7 Å². The van der Waals surface area contributed by atoms with E-state index in [9.17, 15) is 0 Å². The number of nitrogen functional groups attached to an aromatic ring is 1. The zero-order valence-electron chi connectivity index (χ0n) is 11.0. The van der Waals surface area contributed by atoms with Crippen LogP contribution in [-0.2, 0) is 13.6 Å². The van der Waals surface area contributed by atoms with Crippen LogP contribution < -0.4 is 15.8 Å². The van der Waals surface area contributed by atoms with E-state index in [0.29, 0.717) is 22.9 Å². The normalized spacial score (nSPS) is 10.2. The van der Waals surface area contributed by atoms with Gasteiger partial charge in [-0.15, -0.1) is 11.3 Å². The highest BCUT2D eigenvalue weighted by molar-refractivity contribution is 7.17. The Kier molecular flexibility index (Phi) is 3.62. The van der Waals surface area contributed by atoms with Gasteiger partial charge in [0.1, 0.15) is 21.6 Å². The number of thiophene rings is 1. The SMILES string of the molecule is COc1c(NCc2cnn(C)c2C)sc(C#N)c1N. The molecule has 7 heteroatoms. The minimum Gasteiger partial charge on any atom is -0.492 e. The van der Waals surface area contributed by atoms with E-state index >= 15 is 0 Å². The Labute approximate surface area is 115 Å². The standard InChI is InChI=1S/C12H15N5OS/c1-7-8(6-16-17(7)2)5-15-12-11(18-3)10(14)9(4-13)19-12/h6,15H,5,14H2,1-3H3. The number of methoxy groups -OCH3 is 1. The van der Waals surface area contributed by atoms with E-state index in [1.54, 1.807) is 7.11 Å². The van der Waals surface area contributed by atoms with E-state index < -0.39 is 0 Å². The highest BCUT2D eigenvalue weighted by Crippen LogP contribution is 2.42. The molecule has 0 saturated carbocycles. The van der Waals surface area contributed by atoms with Crippen molar-refractivity contribution >= 4 is 22.0 Å². The van der Waals surface area contributed by atoms with Crippen molar-refractivity contribution in [3.05, 3.63) is 22.3 Å². The average molecular weight is 277 g/mol. The van der Waals surface area contributed by atoms with Crippen LogP contribution in [0.25, 0.3) is 0 Å². The van der Waals surface area contributed by atoms with Crippen LogP contribution in [0.15, 0.2) is 6.20 Å². The molecule has 0 atom stereocenters. The molecule has 0 aliphatic rings. The Morgan fingerprint density at radius 3 is 2.89 bits per heavy atom. The lowest BCUT2D eigenvalue weighted by atomic mass is 10.2. The van der Waals surface area contributed by atoms with E-state index in [2.05, 4.69) is 16.5 Å². The summed E-state index contributed by atoms with van der Waals surface area (Å²) in [5, 5.41) is 17.2. The third-order valence-corrected chi connectivity index (χ3v) is 4.03. The van der Waals surface area contributed by atoms with Crippen LogP contribution >= 0.6 is 11.3 Å². The molecule has 0 fully saturated rings. The Morgan fingerprint density at radius 2 is 2.37 bits per heavy atom. The number of nitrogens with zero attached hydrogens (tertiary/aromatic N) is 3. The predicted octanol–water partition coefficient (Wildman–Crippen LogP) is 1.86. The molecule has 0 aliphatic heterocycles. The molecule has 0 radical (unpaired) electrons. The van der Waals surface area contributed by atoms with Gasteiger partial charge in [0.25, 0.3) is 0 Å². The molecular formula is C12H15N5OS. The van der Waals surface area contributed by atoms with Gasteiger partial charge in [0.2, 0.25) is 0 Å². The first-order valence-electron chi connectivity index (χ1n) is 5.66. The molecule has 0 aromatic carbocycles. The second-order valence-electron chi connectivity index (χ2n) is 4.05. The molecule has 0 bridgehead atoms. The highest BCUT2D eigenvalue weighted by atomic mass is 32.1. The van der Waals surface area contributed by atoms with E-state index in [1.165, 1.54) is 11.3 Å². The van der Waals surface area contributed by atoms with Gasteiger partial charge in [-0.2, -0.15) is 10.4 Å². The summed E-state index contributed by atoms with van der Waals surface area (Å²) in [7, 11) is 3.44. The van der Waals surface area contributed by atoms with Gasteiger partial charge in [-0.1, -0.05) is 0 Å². The maximum Gasteiger partial charge on any atom is 0.177 e. The quantitative estimate of drug-likeness (QED) is 0.890. The predicted molar refractivity (Wildman–Crippen MR) is 75.3 cm³/mol. The number of aromatic nitrogens is 2.